The van der Waals surface area contributed by atoms with Crippen molar-refractivity contribution >= 4 is 30.6 Å². The first-order chi connectivity index (χ1) is 16.3. The van der Waals surface area contributed by atoms with Crippen molar-refractivity contribution in [3.05, 3.63) is 65.0 Å². The number of fused-ring (bicyclic) bond motifs is 1. The lowest BCUT2D eigenvalue weighted by Crippen LogP contribution is -2.32. The standard InChI is InChI=1S/C21H22FN4O7P/c22-17-11-26(21(29)25-19(17)23)20-18(28)10-16(32-20)12-31-34(30,24-7-8-27)33-15-6-5-13-3-1-2-4-14(13)9-15/h1-6,8-9,11,16,18,20,28H,7,10,12H2,(H,24,30)(H2,23,25,29). The fourth-order valence-electron chi connectivity index (χ4n) is 3.52. The van der Waals surface area contributed by atoms with Crippen molar-refractivity contribution in [3.63, 3.8) is 0 Å². The maximum absolute atomic E-state index is 13.8. The third-order valence-electron chi connectivity index (χ3n) is 5.12. The summed E-state index contributed by atoms with van der Waals surface area (Å²) in [6.45, 7) is -0.614. The Labute approximate surface area is 192 Å². The summed E-state index contributed by atoms with van der Waals surface area (Å²) < 4.78 is 44.4. The second-order valence-corrected chi connectivity index (χ2v) is 9.29. The van der Waals surface area contributed by atoms with Crippen molar-refractivity contribution in [1.82, 2.24) is 14.6 Å². The van der Waals surface area contributed by atoms with E-state index in [0.717, 1.165) is 21.5 Å². The number of aliphatic hydroxyl groups is 1. The fraction of sp³-hybridized carbons (Fsp3) is 0.286. The molecule has 1 aromatic heterocycles. The Bertz CT molecular complexity index is 1300. The number of nitrogen functional groups attached to an aromatic ring is 1. The molecule has 0 amide bonds. The van der Waals surface area contributed by atoms with Crippen LogP contribution in [0.3, 0.4) is 0 Å². The molecule has 180 valence electrons. The largest absolute Gasteiger partial charge is 0.459 e. The van der Waals surface area contributed by atoms with Crippen LogP contribution in [0.5, 0.6) is 5.75 Å². The first-order valence-electron chi connectivity index (χ1n) is 10.3. The zero-order chi connectivity index (χ0) is 24.3. The van der Waals surface area contributed by atoms with Gasteiger partial charge < -0.3 is 24.9 Å². The van der Waals surface area contributed by atoms with Gasteiger partial charge in [-0.3, -0.25) is 9.09 Å². The van der Waals surface area contributed by atoms with Crippen LogP contribution in [0.15, 0.2) is 53.5 Å². The molecule has 0 saturated carbocycles. The van der Waals surface area contributed by atoms with Crippen LogP contribution in [0.1, 0.15) is 12.6 Å². The molecule has 0 aliphatic carbocycles. The third kappa shape index (κ3) is 5.32. The lowest BCUT2D eigenvalue weighted by molar-refractivity contribution is -0.107. The van der Waals surface area contributed by atoms with Gasteiger partial charge in [0, 0.05) is 6.42 Å². The van der Waals surface area contributed by atoms with Crippen molar-refractivity contribution in [2.75, 3.05) is 18.9 Å². The number of halogens is 1. The summed E-state index contributed by atoms with van der Waals surface area (Å²) in [4.78, 5) is 26.2. The van der Waals surface area contributed by atoms with Gasteiger partial charge in [-0.15, -0.1) is 0 Å². The molecule has 1 aliphatic heterocycles. The number of anilines is 1. The highest BCUT2D eigenvalue weighted by Gasteiger charge is 2.38. The number of benzene rings is 2. The lowest BCUT2D eigenvalue weighted by atomic mass is 10.1. The molecule has 0 spiro atoms. The van der Waals surface area contributed by atoms with E-state index in [1.165, 1.54) is 0 Å². The first-order valence-corrected chi connectivity index (χ1v) is 11.8. The molecule has 3 aromatic rings. The minimum atomic E-state index is -4.02. The van der Waals surface area contributed by atoms with Gasteiger partial charge in [-0.25, -0.2) is 18.8 Å². The Morgan fingerprint density at radius 3 is 2.85 bits per heavy atom. The van der Waals surface area contributed by atoms with Crippen LogP contribution in [-0.4, -0.2) is 46.3 Å². The molecule has 1 saturated heterocycles. The Morgan fingerprint density at radius 2 is 2.09 bits per heavy atom. The molecule has 4 rings (SSSR count). The maximum Gasteiger partial charge on any atom is 0.459 e. The molecular weight excluding hydrogens is 470 g/mol. The van der Waals surface area contributed by atoms with E-state index >= 15 is 0 Å². The Hall–Kier alpha value is -3.15. The highest BCUT2D eigenvalue weighted by atomic mass is 31.2. The molecule has 1 aliphatic rings. The second kappa shape index (κ2) is 10.00. The third-order valence-corrected chi connectivity index (χ3v) is 6.63. The minimum absolute atomic E-state index is 0.00719. The number of aliphatic hydroxyl groups excluding tert-OH is 1. The quantitative estimate of drug-likeness (QED) is 0.297. The average molecular weight is 492 g/mol. The molecule has 0 radical (unpaired) electrons. The topological polar surface area (TPSA) is 155 Å². The summed E-state index contributed by atoms with van der Waals surface area (Å²) in [5.41, 5.74) is 4.38. The number of carbonyl (C=O) groups is 1. The number of rotatable bonds is 9. The van der Waals surface area contributed by atoms with E-state index in [4.69, 9.17) is 19.5 Å². The van der Waals surface area contributed by atoms with E-state index in [1.807, 2.05) is 24.3 Å². The summed E-state index contributed by atoms with van der Waals surface area (Å²) in [6.07, 6.45) is -1.97. The van der Waals surface area contributed by atoms with Crippen LogP contribution >= 0.6 is 7.75 Å². The molecule has 4 atom stereocenters. The van der Waals surface area contributed by atoms with Crippen molar-refractivity contribution in [1.29, 1.82) is 0 Å². The molecule has 2 aromatic carbocycles. The van der Waals surface area contributed by atoms with Gasteiger partial charge >= 0.3 is 13.4 Å². The van der Waals surface area contributed by atoms with Gasteiger partial charge in [0.25, 0.3) is 0 Å². The van der Waals surface area contributed by atoms with Crippen LogP contribution in [0.25, 0.3) is 10.8 Å². The van der Waals surface area contributed by atoms with Crippen molar-refractivity contribution in [3.8, 4) is 5.75 Å². The number of carbonyl (C=O) groups excluding carboxylic acids is 1. The molecule has 2 heterocycles. The fourth-order valence-corrected chi connectivity index (χ4v) is 4.79. The van der Waals surface area contributed by atoms with Gasteiger partial charge in [-0.05, 0) is 22.9 Å². The SMILES string of the molecule is Nc1nc(=O)n(C2OC(COP(=O)(NCC=O)Oc3ccc4ccccc4c3)CC2O)cc1F. The number of aldehydes is 1. The van der Waals surface area contributed by atoms with E-state index in [9.17, 15) is 23.7 Å². The predicted molar refractivity (Wildman–Crippen MR) is 120 cm³/mol. The van der Waals surface area contributed by atoms with Crippen LogP contribution in [0.2, 0.25) is 0 Å². The van der Waals surface area contributed by atoms with Gasteiger partial charge in [0.05, 0.1) is 25.5 Å². The van der Waals surface area contributed by atoms with E-state index in [-0.39, 0.29) is 25.3 Å². The molecule has 0 bridgehead atoms. The lowest BCUT2D eigenvalue weighted by Gasteiger charge is -2.21. The van der Waals surface area contributed by atoms with E-state index in [0.29, 0.717) is 6.29 Å². The Morgan fingerprint density at radius 1 is 1.32 bits per heavy atom. The number of hydrogen-bond donors (Lipinski definition) is 3. The number of nitrogens with one attached hydrogen (secondary N) is 1. The summed E-state index contributed by atoms with van der Waals surface area (Å²) in [7, 11) is -4.02. The smallest absolute Gasteiger partial charge is 0.413 e. The van der Waals surface area contributed by atoms with Crippen LogP contribution < -0.4 is 21.0 Å². The van der Waals surface area contributed by atoms with Gasteiger partial charge in [0.15, 0.2) is 17.9 Å². The molecule has 34 heavy (non-hydrogen) atoms. The van der Waals surface area contributed by atoms with Crippen molar-refractivity contribution < 1.29 is 32.6 Å². The molecule has 4 N–H and O–H groups in total. The van der Waals surface area contributed by atoms with Crippen molar-refractivity contribution in [2.24, 2.45) is 0 Å². The highest BCUT2D eigenvalue weighted by molar-refractivity contribution is 7.52. The number of aromatic nitrogens is 2. The summed E-state index contributed by atoms with van der Waals surface area (Å²) in [6, 6.07) is 12.6. The summed E-state index contributed by atoms with van der Waals surface area (Å²) in [5.74, 6) is -1.26. The van der Waals surface area contributed by atoms with Crippen LogP contribution in [-0.2, 0) is 18.6 Å². The molecule has 4 unspecified atom stereocenters. The molecule has 11 nitrogen and oxygen atoms in total. The van der Waals surface area contributed by atoms with Gasteiger partial charge in [0.1, 0.15) is 18.1 Å². The highest BCUT2D eigenvalue weighted by Crippen LogP contribution is 2.45. The van der Waals surface area contributed by atoms with Gasteiger partial charge in [-0.1, -0.05) is 30.3 Å². The minimum Gasteiger partial charge on any atom is -0.413 e. The zero-order valence-corrected chi connectivity index (χ0v) is 18.6. The van der Waals surface area contributed by atoms with Crippen molar-refractivity contribution in [2.45, 2.75) is 24.9 Å². The first kappa shape index (κ1) is 24.0. The summed E-state index contributed by atoms with van der Waals surface area (Å²) >= 11 is 0. The van der Waals surface area contributed by atoms with E-state index < -0.39 is 43.5 Å². The number of hydrogen-bond acceptors (Lipinski definition) is 9. The maximum atomic E-state index is 13.8. The van der Waals surface area contributed by atoms with E-state index in [1.54, 1.807) is 18.2 Å². The predicted octanol–water partition coefficient (Wildman–Crippen LogP) is 1.76. The van der Waals surface area contributed by atoms with E-state index in [2.05, 4.69) is 10.1 Å². The number of nitrogens with zero attached hydrogens (tertiary/aromatic N) is 2. The second-order valence-electron chi connectivity index (χ2n) is 7.54. The van der Waals surface area contributed by atoms with Gasteiger partial charge in [-0.2, -0.15) is 4.98 Å². The molecule has 1 fully saturated rings. The normalized spacial score (nSPS) is 21.9. The summed E-state index contributed by atoms with van der Waals surface area (Å²) in [5, 5.41) is 14.6. The van der Waals surface area contributed by atoms with Crippen LogP contribution in [0.4, 0.5) is 10.2 Å². The zero-order valence-electron chi connectivity index (χ0n) is 17.7. The molecule has 13 heteroatoms. The van der Waals surface area contributed by atoms with Crippen LogP contribution in [0, 0.1) is 5.82 Å². The van der Waals surface area contributed by atoms with Gasteiger partial charge in [0.2, 0.25) is 0 Å². The number of ether oxygens (including phenoxy) is 1. The average Bonchev–Trinajstić information content (AvgIpc) is 3.19. The number of nitrogens with two attached hydrogens (primary N) is 1. The Kier molecular flexibility index (Phi) is 7.05. The monoisotopic (exact) mass is 492 g/mol. The Balaban J connectivity index is 1.46. The molecular formula is C21H22FN4O7P.